The summed E-state index contributed by atoms with van der Waals surface area (Å²) in [7, 11) is 3.24. The van der Waals surface area contributed by atoms with Crippen molar-refractivity contribution in [3.05, 3.63) is 0 Å². The highest BCUT2D eigenvalue weighted by atomic mass is 16.2. The minimum absolute atomic E-state index is 0.0907. The zero-order valence-electron chi connectivity index (χ0n) is 11.3. The van der Waals surface area contributed by atoms with Crippen molar-refractivity contribution in [3.8, 4) is 6.07 Å². The molecule has 1 aliphatic rings. The summed E-state index contributed by atoms with van der Waals surface area (Å²) in [5, 5.41) is 11.8. The predicted octanol–water partition coefficient (Wildman–Crippen LogP) is 0.911. The van der Waals surface area contributed by atoms with E-state index in [4.69, 9.17) is 0 Å². The maximum Gasteiger partial charge on any atom is 0.242 e. The second kappa shape index (κ2) is 5.85. The van der Waals surface area contributed by atoms with E-state index >= 15 is 0 Å². The van der Waals surface area contributed by atoms with Crippen molar-refractivity contribution in [3.63, 3.8) is 0 Å². The second-order valence-corrected chi connectivity index (χ2v) is 5.10. The number of carbonyl (C=O) groups is 2. The number of carbonyl (C=O) groups excluding carboxylic acids is 2. The lowest BCUT2D eigenvalue weighted by molar-refractivity contribution is -0.138. The molecule has 0 aromatic carbocycles. The summed E-state index contributed by atoms with van der Waals surface area (Å²) in [4.78, 5) is 25.3. The van der Waals surface area contributed by atoms with Crippen molar-refractivity contribution in [1.82, 2.24) is 10.2 Å². The van der Waals surface area contributed by atoms with Crippen LogP contribution in [0.4, 0.5) is 0 Å². The topological polar surface area (TPSA) is 73.2 Å². The van der Waals surface area contributed by atoms with Crippen LogP contribution in [-0.4, -0.2) is 37.4 Å². The van der Waals surface area contributed by atoms with Crippen LogP contribution in [0.25, 0.3) is 0 Å². The largest absolute Gasteiger partial charge is 0.359 e. The van der Waals surface area contributed by atoms with Gasteiger partial charge in [-0.05, 0) is 12.8 Å². The van der Waals surface area contributed by atoms with Crippen molar-refractivity contribution in [2.45, 2.75) is 32.6 Å². The average molecular weight is 251 g/mol. The van der Waals surface area contributed by atoms with Crippen molar-refractivity contribution < 1.29 is 9.59 Å². The van der Waals surface area contributed by atoms with Gasteiger partial charge in [0.25, 0.3) is 0 Å². The highest BCUT2D eigenvalue weighted by Gasteiger charge is 2.43. The van der Waals surface area contributed by atoms with E-state index in [-0.39, 0.29) is 17.7 Å². The average Bonchev–Trinajstić information content (AvgIpc) is 2.86. The molecule has 1 N–H and O–H groups in total. The summed E-state index contributed by atoms with van der Waals surface area (Å²) in [6.07, 6.45) is 3.14. The highest BCUT2D eigenvalue weighted by molar-refractivity contribution is 5.86. The van der Waals surface area contributed by atoms with Gasteiger partial charge in [0.15, 0.2) is 0 Å². The monoisotopic (exact) mass is 251 g/mol. The van der Waals surface area contributed by atoms with E-state index in [1.807, 2.05) is 0 Å². The normalized spacial score (nSPS) is 18.8. The molecule has 0 radical (unpaired) electrons. The zero-order valence-corrected chi connectivity index (χ0v) is 11.3. The van der Waals surface area contributed by atoms with Gasteiger partial charge in [0.2, 0.25) is 11.8 Å². The van der Waals surface area contributed by atoms with Gasteiger partial charge in [-0.2, -0.15) is 5.26 Å². The number of nitrogens with zero attached hydrogens (tertiary/aromatic N) is 2. The van der Waals surface area contributed by atoms with E-state index in [1.165, 1.54) is 4.90 Å². The molecule has 0 bridgehead atoms. The lowest BCUT2D eigenvalue weighted by Crippen LogP contribution is -2.43. The van der Waals surface area contributed by atoms with E-state index < -0.39 is 5.41 Å². The summed E-state index contributed by atoms with van der Waals surface area (Å²) in [6.45, 7) is 2.12. The Kier molecular flexibility index (Phi) is 4.71. The molecule has 1 rings (SSSR count). The number of nitrogens with one attached hydrogen (secondary N) is 1. The quantitative estimate of drug-likeness (QED) is 0.807. The summed E-state index contributed by atoms with van der Waals surface area (Å²) in [5.41, 5.74) is -0.850. The van der Waals surface area contributed by atoms with Crippen molar-refractivity contribution in [1.29, 1.82) is 5.26 Å². The number of rotatable bonds is 4. The molecule has 0 aromatic rings. The van der Waals surface area contributed by atoms with Crippen LogP contribution in [0.1, 0.15) is 32.6 Å². The van der Waals surface area contributed by atoms with Crippen LogP contribution in [0.2, 0.25) is 0 Å². The van der Waals surface area contributed by atoms with Crippen LogP contribution in [0.3, 0.4) is 0 Å². The maximum atomic E-state index is 12.3. The summed E-state index contributed by atoms with van der Waals surface area (Å²) < 4.78 is 0. The first kappa shape index (κ1) is 14.5. The Hall–Kier alpha value is -1.57. The predicted molar refractivity (Wildman–Crippen MR) is 67.4 cm³/mol. The molecule has 1 saturated carbocycles. The Balaban J connectivity index is 2.67. The van der Waals surface area contributed by atoms with Gasteiger partial charge in [0.1, 0.15) is 5.41 Å². The van der Waals surface area contributed by atoms with Crippen molar-refractivity contribution in [2.75, 3.05) is 20.6 Å². The fraction of sp³-hybridized carbons (Fsp3) is 0.769. The number of hydrogen-bond donors (Lipinski definition) is 1. The zero-order chi connectivity index (χ0) is 13.8. The third-order valence-electron chi connectivity index (χ3n) is 3.67. The minimum atomic E-state index is -0.850. The molecule has 0 saturated heterocycles. The fourth-order valence-electron chi connectivity index (χ4n) is 2.54. The molecule has 5 heteroatoms. The van der Waals surface area contributed by atoms with E-state index in [1.54, 1.807) is 21.0 Å². The smallest absolute Gasteiger partial charge is 0.242 e. The molecule has 18 heavy (non-hydrogen) atoms. The summed E-state index contributed by atoms with van der Waals surface area (Å²) in [6, 6.07) is 2.18. The third kappa shape index (κ3) is 2.81. The molecule has 0 aromatic heterocycles. The second-order valence-electron chi connectivity index (χ2n) is 5.10. The van der Waals surface area contributed by atoms with Gasteiger partial charge < -0.3 is 10.2 Å². The van der Waals surface area contributed by atoms with Gasteiger partial charge in [-0.15, -0.1) is 0 Å². The Morgan fingerprint density at radius 3 is 2.44 bits per heavy atom. The number of hydrogen-bond acceptors (Lipinski definition) is 3. The lowest BCUT2D eigenvalue weighted by atomic mass is 9.86. The Labute approximate surface area is 108 Å². The molecule has 0 heterocycles. The molecule has 1 unspecified atom stereocenters. The van der Waals surface area contributed by atoms with Crippen LogP contribution < -0.4 is 5.32 Å². The Bertz CT molecular complexity index is 367. The Morgan fingerprint density at radius 1 is 1.44 bits per heavy atom. The van der Waals surface area contributed by atoms with Crippen LogP contribution in [0, 0.1) is 22.7 Å². The van der Waals surface area contributed by atoms with Gasteiger partial charge in [-0.25, -0.2) is 0 Å². The Morgan fingerprint density at radius 2 is 2.00 bits per heavy atom. The van der Waals surface area contributed by atoms with E-state index in [2.05, 4.69) is 11.4 Å². The number of amides is 2. The summed E-state index contributed by atoms with van der Waals surface area (Å²) >= 11 is 0. The van der Waals surface area contributed by atoms with E-state index in [0.717, 1.165) is 12.8 Å². The third-order valence-corrected chi connectivity index (χ3v) is 3.67. The SMILES string of the molecule is CNC(=O)C(C)CN(C)C(=O)C1(C#N)CCCC1. The molecular weight excluding hydrogens is 230 g/mol. The fourth-order valence-corrected chi connectivity index (χ4v) is 2.54. The molecule has 0 aliphatic heterocycles. The van der Waals surface area contributed by atoms with Crippen LogP contribution in [0.5, 0.6) is 0 Å². The van der Waals surface area contributed by atoms with Gasteiger partial charge in [-0.1, -0.05) is 19.8 Å². The van der Waals surface area contributed by atoms with Crippen molar-refractivity contribution >= 4 is 11.8 Å². The van der Waals surface area contributed by atoms with E-state index in [9.17, 15) is 14.9 Å². The van der Waals surface area contributed by atoms with Gasteiger partial charge in [0.05, 0.1) is 12.0 Å². The first-order valence-electron chi connectivity index (χ1n) is 6.35. The number of nitriles is 1. The van der Waals surface area contributed by atoms with Crippen LogP contribution in [-0.2, 0) is 9.59 Å². The molecule has 5 nitrogen and oxygen atoms in total. The van der Waals surface area contributed by atoms with Gasteiger partial charge in [0, 0.05) is 20.6 Å². The first-order valence-corrected chi connectivity index (χ1v) is 6.35. The van der Waals surface area contributed by atoms with E-state index in [0.29, 0.717) is 19.4 Å². The van der Waals surface area contributed by atoms with Crippen LogP contribution >= 0.6 is 0 Å². The summed E-state index contributed by atoms with van der Waals surface area (Å²) in [5.74, 6) is -0.494. The molecule has 100 valence electrons. The minimum Gasteiger partial charge on any atom is -0.359 e. The molecular formula is C13H21N3O2. The molecule has 1 atom stereocenters. The van der Waals surface area contributed by atoms with Gasteiger partial charge >= 0.3 is 0 Å². The van der Waals surface area contributed by atoms with Crippen molar-refractivity contribution in [2.24, 2.45) is 11.3 Å². The van der Waals surface area contributed by atoms with Gasteiger partial charge in [-0.3, -0.25) is 9.59 Å². The lowest BCUT2D eigenvalue weighted by Gasteiger charge is -2.28. The molecule has 1 fully saturated rings. The highest BCUT2D eigenvalue weighted by Crippen LogP contribution is 2.38. The molecule has 0 spiro atoms. The first-order chi connectivity index (χ1) is 8.46. The molecule has 2 amide bonds. The van der Waals surface area contributed by atoms with Crippen LogP contribution in [0.15, 0.2) is 0 Å². The maximum absolute atomic E-state index is 12.3. The standard InChI is InChI=1S/C13H21N3O2/c1-10(11(17)15-2)8-16(3)12(18)13(9-14)6-4-5-7-13/h10H,4-8H2,1-3H3,(H,15,17). The molecule has 1 aliphatic carbocycles.